The molecule has 0 atom stereocenters. The van der Waals surface area contributed by atoms with Crippen molar-refractivity contribution >= 4 is 15.7 Å². The Kier molecular flexibility index (Phi) is 5.09. The Labute approximate surface area is 153 Å². The Morgan fingerprint density at radius 2 is 1.42 bits per heavy atom. The summed E-state index contributed by atoms with van der Waals surface area (Å²) in [7, 11) is -3.78. The van der Waals surface area contributed by atoms with Crippen LogP contribution in [0.25, 0.3) is 0 Å². The second kappa shape index (κ2) is 7.30. The Morgan fingerprint density at radius 3 is 2.00 bits per heavy atom. The first kappa shape index (κ1) is 18.1. The number of benzene rings is 3. The number of nitrogens with zero attached hydrogens (tertiary/aromatic N) is 1. The summed E-state index contributed by atoms with van der Waals surface area (Å²) in [6.45, 7) is 3.90. The van der Waals surface area contributed by atoms with Crippen LogP contribution < -0.4 is 4.31 Å². The molecule has 3 aromatic carbocycles. The van der Waals surface area contributed by atoms with Gasteiger partial charge in [0.25, 0.3) is 10.0 Å². The lowest BCUT2D eigenvalue weighted by atomic mass is 10.2. The molecule has 0 aliphatic heterocycles. The number of rotatable bonds is 5. The molecule has 0 saturated heterocycles. The van der Waals surface area contributed by atoms with E-state index in [1.807, 2.05) is 26.0 Å². The minimum absolute atomic E-state index is 0.0526. The summed E-state index contributed by atoms with van der Waals surface area (Å²) < 4.78 is 41.4. The highest BCUT2D eigenvalue weighted by atomic mass is 32.2. The van der Waals surface area contributed by atoms with E-state index in [9.17, 15) is 12.8 Å². The van der Waals surface area contributed by atoms with E-state index < -0.39 is 10.0 Å². The molecule has 0 saturated carbocycles. The minimum Gasteiger partial charge on any atom is -0.262 e. The van der Waals surface area contributed by atoms with E-state index >= 15 is 0 Å². The van der Waals surface area contributed by atoms with Crippen molar-refractivity contribution in [1.29, 1.82) is 0 Å². The van der Waals surface area contributed by atoms with Crippen LogP contribution in [-0.2, 0) is 16.6 Å². The summed E-state index contributed by atoms with van der Waals surface area (Å²) in [5.41, 5.74) is 3.14. The fraction of sp³-hybridized carbons (Fsp3) is 0.143. The highest BCUT2D eigenvalue weighted by Crippen LogP contribution is 2.26. The number of halogens is 1. The minimum atomic E-state index is -3.78. The van der Waals surface area contributed by atoms with Crippen molar-refractivity contribution in [2.75, 3.05) is 4.31 Å². The molecule has 0 radical (unpaired) electrons. The number of sulfonamides is 1. The zero-order valence-corrected chi connectivity index (χ0v) is 15.5. The van der Waals surface area contributed by atoms with Gasteiger partial charge in [0.05, 0.1) is 17.1 Å². The van der Waals surface area contributed by atoms with Crippen LogP contribution in [0.3, 0.4) is 0 Å². The standard InChI is InChI=1S/C21H20FNO2S/c1-16-6-10-20(11-7-16)23(15-18-4-3-5-19(22)14-18)26(24,25)21-12-8-17(2)9-13-21/h3-14H,15H2,1-2H3. The molecule has 0 aromatic heterocycles. The van der Waals surface area contributed by atoms with E-state index in [1.165, 1.54) is 16.4 Å². The van der Waals surface area contributed by atoms with Crippen LogP contribution in [0.15, 0.2) is 77.7 Å². The summed E-state index contributed by atoms with van der Waals surface area (Å²) in [4.78, 5) is 0.208. The zero-order valence-electron chi connectivity index (χ0n) is 14.7. The van der Waals surface area contributed by atoms with Crippen molar-refractivity contribution in [2.24, 2.45) is 0 Å². The molecule has 0 heterocycles. The van der Waals surface area contributed by atoms with Gasteiger partial charge < -0.3 is 0 Å². The number of hydrogen-bond donors (Lipinski definition) is 0. The fourth-order valence-electron chi connectivity index (χ4n) is 2.66. The largest absolute Gasteiger partial charge is 0.264 e. The lowest BCUT2D eigenvalue weighted by Crippen LogP contribution is -2.30. The maximum atomic E-state index is 13.6. The van der Waals surface area contributed by atoms with Gasteiger partial charge in [-0.15, -0.1) is 0 Å². The second-order valence-corrected chi connectivity index (χ2v) is 8.15. The molecule has 3 nitrogen and oxygen atoms in total. The Hall–Kier alpha value is -2.66. The van der Waals surface area contributed by atoms with Gasteiger partial charge in [0.15, 0.2) is 0 Å². The number of hydrogen-bond acceptors (Lipinski definition) is 2. The van der Waals surface area contributed by atoms with E-state index in [4.69, 9.17) is 0 Å². The molecule has 5 heteroatoms. The van der Waals surface area contributed by atoms with Crippen LogP contribution in [0.4, 0.5) is 10.1 Å². The molecule has 0 aliphatic carbocycles. The normalized spacial score (nSPS) is 11.3. The summed E-state index contributed by atoms with van der Waals surface area (Å²) in [6.07, 6.45) is 0. The predicted octanol–water partition coefficient (Wildman–Crippen LogP) is 4.84. The van der Waals surface area contributed by atoms with Gasteiger partial charge >= 0.3 is 0 Å². The average molecular weight is 369 g/mol. The van der Waals surface area contributed by atoms with E-state index in [-0.39, 0.29) is 17.3 Å². The smallest absolute Gasteiger partial charge is 0.262 e. The quantitative estimate of drug-likeness (QED) is 0.645. The van der Waals surface area contributed by atoms with E-state index in [2.05, 4.69) is 0 Å². The second-order valence-electron chi connectivity index (χ2n) is 6.29. The summed E-state index contributed by atoms with van der Waals surface area (Å²) in [6, 6.07) is 20.0. The van der Waals surface area contributed by atoms with Crippen LogP contribution in [0.5, 0.6) is 0 Å². The van der Waals surface area contributed by atoms with Gasteiger partial charge in [-0.1, -0.05) is 47.5 Å². The van der Waals surface area contributed by atoms with Crippen LogP contribution in [0, 0.1) is 19.7 Å². The molecule has 3 rings (SSSR count). The molecule has 0 amide bonds. The van der Waals surface area contributed by atoms with Crippen molar-refractivity contribution in [3.8, 4) is 0 Å². The molecule has 0 N–H and O–H groups in total. The number of anilines is 1. The van der Waals surface area contributed by atoms with Gasteiger partial charge in [0.2, 0.25) is 0 Å². The lowest BCUT2D eigenvalue weighted by molar-refractivity contribution is 0.589. The molecule has 3 aromatic rings. The number of aryl methyl sites for hydroxylation is 2. The first-order valence-electron chi connectivity index (χ1n) is 8.27. The van der Waals surface area contributed by atoms with Crippen LogP contribution in [-0.4, -0.2) is 8.42 Å². The summed E-state index contributed by atoms with van der Waals surface area (Å²) in [5.74, 6) is -0.390. The molecule has 0 unspecified atom stereocenters. The van der Waals surface area contributed by atoms with E-state index in [0.717, 1.165) is 11.1 Å². The monoisotopic (exact) mass is 369 g/mol. The lowest BCUT2D eigenvalue weighted by Gasteiger charge is -2.25. The molecular formula is C21H20FNO2S. The molecule has 0 aliphatic rings. The van der Waals surface area contributed by atoms with Gasteiger partial charge in [-0.3, -0.25) is 4.31 Å². The molecule has 0 bridgehead atoms. The highest BCUT2D eigenvalue weighted by molar-refractivity contribution is 7.92. The summed E-state index contributed by atoms with van der Waals surface area (Å²) >= 11 is 0. The maximum Gasteiger partial charge on any atom is 0.264 e. The van der Waals surface area contributed by atoms with Crippen LogP contribution >= 0.6 is 0 Å². The van der Waals surface area contributed by atoms with Gasteiger partial charge in [-0.2, -0.15) is 0 Å². The fourth-order valence-corrected chi connectivity index (χ4v) is 4.12. The third-order valence-electron chi connectivity index (χ3n) is 4.15. The van der Waals surface area contributed by atoms with E-state index in [0.29, 0.717) is 11.3 Å². The maximum absolute atomic E-state index is 13.6. The van der Waals surface area contributed by atoms with Gasteiger partial charge in [0.1, 0.15) is 5.82 Å². The topological polar surface area (TPSA) is 37.4 Å². The first-order chi connectivity index (χ1) is 12.4. The van der Waals surface area contributed by atoms with E-state index in [1.54, 1.807) is 48.5 Å². The molecule has 0 fully saturated rings. The van der Waals surface area contributed by atoms with Crippen molar-refractivity contribution in [2.45, 2.75) is 25.3 Å². The molecule has 26 heavy (non-hydrogen) atoms. The summed E-state index contributed by atoms with van der Waals surface area (Å²) in [5, 5.41) is 0. The Morgan fingerprint density at radius 1 is 0.846 bits per heavy atom. The Bertz CT molecular complexity index is 997. The predicted molar refractivity (Wildman–Crippen MR) is 102 cm³/mol. The van der Waals surface area contributed by atoms with Crippen molar-refractivity contribution in [3.63, 3.8) is 0 Å². The van der Waals surface area contributed by atoms with Gasteiger partial charge in [-0.25, -0.2) is 12.8 Å². The zero-order chi connectivity index (χ0) is 18.7. The van der Waals surface area contributed by atoms with Gasteiger partial charge in [0, 0.05) is 0 Å². The van der Waals surface area contributed by atoms with Crippen molar-refractivity contribution in [3.05, 3.63) is 95.3 Å². The third kappa shape index (κ3) is 3.94. The van der Waals surface area contributed by atoms with Crippen molar-refractivity contribution < 1.29 is 12.8 Å². The SMILES string of the molecule is Cc1ccc(N(Cc2cccc(F)c2)S(=O)(=O)c2ccc(C)cc2)cc1. The van der Waals surface area contributed by atoms with Crippen molar-refractivity contribution in [1.82, 2.24) is 0 Å². The third-order valence-corrected chi connectivity index (χ3v) is 5.93. The van der Waals surface area contributed by atoms with Crippen LogP contribution in [0.2, 0.25) is 0 Å². The molecule has 134 valence electrons. The van der Waals surface area contributed by atoms with Crippen LogP contribution in [0.1, 0.15) is 16.7 Å². The highest BCUT2D eigenvalue weighted by Gasteiger charge is 2.25. The van der Waals surface area contributed by atoms with Gasteiger partial charge in [-0.05, 0) is 55.8 Å². The average Bonchev–Trinajstić information content (AvgIpc) is 2.61. The Balaban J connectivity index is 2.07. The molecular weight excluding hydrogens is 349 g/mol. The molecule has 0 spiro atoms. The first-order valence-corrected chi connectivity index (χ1v) is 9.71.